The summed E-state index contributed by atoms with van der Waals surface area (Å²) in [7, 11) is 0. The first-order valence-electron chi connectivity index (χ1n) is 4.90. The summed E-state index contributed by atoms with van der Waals surface area (Å²) in [6, 6.07) is 5.79. The molecule has 0 bridgehead atoms. The van der Waals surface area contributed by atoms with Gasteiger partial charge in [0, 0.05) is 18.8 Å². The zero-order valence-corrected chi connectivity index (χ0v) is 9.49. The number of hydrogen-bond donors (Lipinski definition) is 0. The van der Waals surface area contributed by atoms with E-state index in [1.165, 1.54) is 24.5 Å². The first-order chi connectivity index (χ1) is 8.15. The van der Waals surface area contributed by atoms with E-state index in [-0.39, 0.29) is 23.3 Å². The third-order valence-electron chi connectivity index (χ3n) is 2.22. The minimum Gasteiger partial charge on any atom is -0.294 e. The standard InChI is InChI=1S/C12H8ClFN2O/c13-12-15-6-9(7-16-12)11(17)5-8-1-3-10(14)4-2-8/h1-4,6-7H,5H2. The number of carbonyl (C=O) groups is 1. The van der Waals surface area contributed by atoms with Crippen molar-refractivity contribution in [1.82, 2.24) is 9.97 Å². The summed E-state index contributed by atoms with van der Waals surface area (Å²) in [6.07, 6.45) is 2.94. The van der Waals surface area contributed by atoms with E-state index in [1.807, 2.05) is 0 Å². The smallest absolute Gasteiger partial charge is 0.222 e. The van der Waals surface area contributed by atoms with Gasteiger partial charge in [0.2, 0.25) is 5.28 Å². The first-order valence-corrected chi connectivity index (χ1v) is 5.28. The lowest BCUT2D eigenvalue weighted by Crippen LogP contribution is -2.04. The van der Waals surface area contributed by atoms with Gasteiger partial charge in [0.1, 0.15) is 5.82 Å². The van der Waals surface area contributed by atoms with Crippen LogP contribution in [0.1, 0.15) is 15.9 Å². The number of Topliss-reactive ketones (excluding diaryl/α,β-unsaturated/α-hetero) is 1. The van der Waals surface area contributed by atoms with Gasteiger partial charge in [0.15, 0.2) is 5.78 Å². The van der Waals surface area contributed by atoms with E-state index in [1.54, 1.807) is 12.1 Å². The molecule has 5 heteroatoms. The Kier molecular flexibility index (Phi) is 3.44. The Bertz CT molecular complexity index is 525. The minimum absolute atomic E-state index is 0.100. The van der Waals surface area contributed by atoms with Crippen molar-refractivity contribution in [2.75, 3.05) is 0 Å². The van der Waals surface area contributed by atoms with E-state index >= 15 is 0 Å². The second-order valence-corrected chi connectivity index (χ2v) is 3.81. The minimum atomic E-state index is -0.323. The van der Waals surface area contributed by atoms with Crippen molar-refractivity contribution in [2.24, 2.45) is 0 Å². The predicted octanol–water partition coefficient (Wildman–Crippen LogP) is 2.69. The topological polar surface area (TPSA) is 42.9 Å². The molecule has 86 valence electrons. The number of benzene rings is 1. The van der Waals surface area contributed by atoms with Gasteiger partial charge in [-0.1, -0.05) is 12.1 Å². The predicted molar refractivity (Wildman–Crippen MR) is 61.5 cm³/mol. The third kappa shape index (κ3) is 3.07. The summed E-state index contributed by atoms with van der Waals surface area (Å²) in [4.78, 5) is 19.3. The van der Waals surface area contributed by atoms with Gasteiger partial charge in [0.05, 0.1) is 5.56 Å². The van der Waals surface area contributed by atoms with Crippen LogP contribution in [0.4, 0.5) is 4.39 Å². The highest BCUT2D eigenvalue weighted by Gasteiger charge is 2.08. The molecule has 0 saturated carbocycles. The van der Waals surface area contributed by atoms with Crippen LogP contribution in [-0.2, 0) is 6.42 Å². The van der Waals surface area contributed by atoms with Crippen molar-refractivity contribution in [3.8, 4) is 0 Å². The number of halogens is 2. The summed E-state index contributed by atoms with van der Waals surface area (Å²) in [5.74, 6) is -0.454. The number of hydrogen-bond acceptors (Lipinski definition) is 3. The fraction of sp³-hybridized carbons (Fsp3) is 0.0833. The highest BCUT2D eigenvalue weighted by atomic mass is 35.5. The lowest BCUT2D eigenvalue weighted by atomic mass is 10.1. The van der Waals surface area contributed by atoms with Crippen molar-refractivity contribution in [1.29, 1.82) is 0 Å². The maximum Gasteiger partial charge on any atom is 0.222 e. The van der Waals surface area contributed by atoms with Crippen LogP contribution in [0.3, 0.4) is 0 Å². The molecule has 0 saturated heterocycles. The Labute approximate surface area is 102 Å². The van der Waals surface area contributed by atoms with E-state index in [0.29, 0.717) is 5.56 Å². The van der Waals surface area contributed by atoms with Crippen LogP contribution >= 0.6 is 11.6 Å². The van der Waals surface area contributed by atoms with Crippen LogP contribution in [-0.4, -0.2) is 15.8 Å². The zero-order chi connectivity index (χ0) is 12.3. The summed E-state index contributed by atoms with van der Waals surface area (Å²) in [5, 5.41) is 0.100. The van der Waals surface area contributed by atoms with E-state index in [2.05, 4.69) is 9.97 Å². The van der Waals surface area contributed by atoms with Gasteiger partial charge in [-0.2, -0.15) is 0 Å². The molecule has 0 aliphatic heterocycles. The van der Waals surface area contributed by atoms with E-state index < -0.39 is 0 Å². The van der Waals surface area contributed by atoms with Crippen molar-refractivity contribution < 1.29 is 9.18 Å². The molecule has 2 aromatic rings. The van der Waals surface area contributed by atoms with Crippen LogP contribution in [0.15, 0.2) is 36.7 Å². The second-order valence-electron chi connectivity index (χ2n) is 3.47. The summed E-state index contributed by atoms with van der Waals surface area (Å²) in [5.41, 5.74) is 1.13. The normalized spacial score (nSPS) is 10.2. The summed E-state index contributed by atoms with van der Waals surface area (Å²) < 4.78 is 12.7. The van der Waals surface area contributed by atoms with Crippen LogP contribution in [0, 0.1) is 5.82 Å². The van der Waals surface area contributed by atoms with Gasteiger partial charge < -0.3 is 0 Å². The van der Waals surface area contributed by atoms with Crippen molar-refractivity contribution >= 4 is 17.4 Å². The molecule has 0 spiro atoms. The summed E-state index contributed by atoms with van der Waals surface area (Å²) >= 11 is 5.52. The van der Waals surface area contributed by atoms with E-state index in [9.17, 15) is 9.18 Å². The lowest BCUT2D eigenvalue weighted by molar-refractivity contribution is 0.0992. The molecule has 1 heterocycles. The Balaban J connectivity index is 2.11. The molecule has 1 aromatic carbocycles. The van der Waals surface area contributed by atoms with E-state index in [4.69, 9.17) is 11.6 Å². The molecular formula is C12H8ClFN2O. The van der Waals surface area contributed by atoms with Gasteiger partial charge >= 0.3 is 0 Å². The largest absolute Gasteiger partial charge is 0.294 e. The third-order valence-corrected chi connectivity index (χ3v) is 2.42. The Hall–Kier alpha value is -1.81. The SMILES string of the molecule is O=C(Cc1ccc(F)cc1)c1cnc(Cl)nc1. The van der Waals surface area contributed by atoms with Gasteiger partial charge in [-0.15, -0.1) is 0 Å². The molecule has 17 heavy (non-hydrogen) atoms. The van der Waals surface area contributed by atoms with Crippen molar-refractivity contribution in [2.45, 2.75) is 6.42 Å². The maximum absolute atomic E-state index is 12.7. The average molecular weight is 251 g/mol. The number of aromatic nitrogens is 2. The molecule has 1 aromatic heterocycles. The molecule has 0 amide bonds. The Morgan fingerprint density at radius 1 is 1.18 bits per heavy atom. The molecule has 0 radical (unpaired) electrons. The second kappa shape index (κ2) is 5.01. The lowest BCUT2D eigenvalue weighted by Gasteiger charge is -2.00. The molecule has 2 rings (SSSR count). The molecule has 0 N–H and O–H groups in total. The number of carbonyl (C=O) groups excluding carboxylic acids is 1. The highest BCUT2D eigenvalue weighted by molar-refractivity contribution is 6.28. The van der Waals surface area contributed by atoms with Crippen LogP contribution in [0.5, 0.6) is 0 Å². The summed E-state index contributed by atoms with van der Waals surface area (Å²) in [6.45, 7) is 0. The van der Waals surface area contributed by atoms with Crippen molar-refractivity contribution in [3.63, 3.8) is 0 Å². The van der Waals surface area contributed by atoms with Crippen LogP contribution in [0.2, 0.25) is 5.28 Å². The van der Waals surface area contributed by atoms with Gasteiger partial charge in [-0.25, -0.2) is 14.4 Å². The molecule has 0 aliphatic carbocycles. The van der Waals surface area contributed by atoms with Gasteiger partial charge in [-0.05, 0) is 29.3 Å². The Morgan fingerprint density at radius 3 is 2.35 bits per heavy atom. The number of ketones is 1. The molecule has 0 aliphatic rings. The monoisotopic (exact) mass is 250 g/mol. The average Bonchev–Trinajstić information content (AvgIpc) is 2.33. The highest BCUT2D eigenvalue weighted by Crippen LogP contribution is 2.08. The van der Waals surface area contributed by atoms with Crippen molar-refractivity contribution in [3.05, 3.63) is 58.9 Å². The molecule has 0 atom stereocenters. The fourth-order valence-electron chi connectivity index (χ4n) is 1.35. The molecule has 3 nitrogen and oxygen atoms in total. The van der Waals surface area contributed by atoms with E-state index in [0.717, 1.165) is 5.56 Å². The van der Waals surface area contributed by atoms with Gasteiger partial charge in [0.25, 0.3) is 0 Å². The fourth-order valence-corrected chi connectivity index (χ4v) is 1.44. The first kappa shape index (κ1) is 11.7. The van der Waals surface area contributed by atoms with Gasteiger partial charge in [-0.3, -0.25) is 4.79 Å². The quantitative estimate of drug-likeness (QED) is 0.621. The van der Waals surface area contributed by atoms with Crippen LogP contribution < -0.4 is 0 Å². The Morgan fingerprint density at radius 2 is 1.76 bits per heavy atom. The molecular weight excluding hydrogens is 243 g/mol. The number of rotatable bonds is 3. The molecule has 0 fully saturated rings. The maximum atomic E-state index is 12.7. The van der Waals surface area contributed by atoms with Crippen LogP contribution in [0.25, 0.3) is 0 Å². The molecule has 0 unspecified atom stereocenters. The zero-order valence-electron chi connectivity index (χ0n) is 8.73. The number of nitrogens with zero attached hydrogens (tertiary/aromatic N) is 2.